The van der Waals surface area contributed by atoms with E-state index in [1.807, 2.05) is 13.8 Å². The molecule has 0 rings (SSSR count). The van der Waals surface area contributed by atoms with Crippen LogP contribution in [-0.2, 0) is 0 Å². The Labute approximate surface area is 61.5 Å². The summed E-state index contributed by atoms with van der Waals surface area (Å²) in [6, 6.07) is 0. The Morgan fingerprint density at radius 2 is 1.80 bits per heavy atom. The minimum atomic E-state index is 0.183. The SMILES string of the molecule is CN=C(C)NC(O)=C(C)C. The molecule has 10 heavy (non-hydrogen) atoms. The molecule has 3 heteroatoms. The highest BCUT2D eigenvalue weighted by Crippen LogP contribution is 1.93. The zero-order valence-electron chi connectivity index (χ0n) is 6.89. The summed E-state index contributed by atoms with van der Waals surface area (Å²) in [4.78, 5) is 3.82. The largest absolute Gasteiger partial charge is 0.495 e. The topological polar surface area (TPSA) is 44.6 Å². The van der Waals surface area contributed by atoms with E-state index in [1.54, 1.807) is 14.0 Å². The smallest absolute Gasteiger partial charge is 0.188 e. The van der Waals surface area contributed by atoms with E-state index >= 15 is 0 Å². The second kappa shape index (κ2) is 3.93. The van der Waals surface area contributed by atoms with E-state index in [0.717, 1.165) is 5.57 Å². The molecular formula is C7H14N2O. The lowest BCUT2D eigenvalue weighted by Crippen LogP contribution is -2.20. The van der Waals surface area contributed by atoms with Gasteiger partial charge >= 0.3 is 0 Å². The second-order valence-corrected chi connectivity index (χ2v) is 2.28. The van der Waals surface area contributed by atoms with Crippen LogP contribution in [0.1, 0.15) is 20.8 Å². The summed E-state index contributed by atoms with van der Waals surface area (Å²) in [6.45, 7) is 5.44. The van der Waals surface area contributed by atoms with Crippen molar-refractivity contribution < 1.29 is 5.11 Å². The predicted octanol–water partition coefficient (Wildman–Crippen LogP) is 1.43. The number of rotatable bonds is 1. The molecule has 3 nitrogen and oxygen atoms in total. The Morgan fingerprint density at radius 3 is 2.10 bits per heavy atom. The van der Waals surface area contributed by atoms with E-state index in [4.69, 9.17) is 5.11 Å². The fraction of sp³-hybridized carbons (Fsp3) is 0.571. The van der Waals surface area contributed by atoms with Crippen LogP contribution < -0.4 is 5.32 Å². The van der Waals surface area contributed by atoms with Gasteiger partial charge in [-0.15, -0.1) is 0 Å². The lowest BCUT2D eigenvalue weighted by atomic mass is 10.4. The fourth-order valence-electron chi connectivity index (χ4n) is 0.352. The molecule has 0 aromatic heterocycles. The first-order valence-electron chi connectivity index (χ1n) is 3.14. The molecule has 58 valence electrons. The van der Waals surface area contributed by atoms with E-state index in [-0.39, 0.29) is 5.88 Å². The van der Waals surface area contributed by atoms with E-state index in [0.29, 0.717) is 5.84 Å². The molecule has 0 aliphatic rings. The molecule has 0 aromatic rings. The molecule has 0 fully saturated rings. The van der Waals surface area contributed by atoms with Gasteiger partial charge in [0.05, 0.1) is 5.84 Å². The molecule has 0 atom stereocenters. The molecule has 0 spiro atoms. The van der Waals surface area contributed by atoms with Crippen molar-refractivity contribution in [2.24, 2.45) is 4.99 Å². The summed E-state index contributed by atoms with van der Waals surface area (Å²) in [5, 5.41) is 11.8. The molecule has 0 bridgehead atoms. The third-order valence-corrected chi connectivity index (χ3v) is 1.11. The highest BCUT2D eigenvalue weighted by molar-refractivity contribution is 5.80. The van der Waals surface area contributed by atoms with E-state index in [9.17, 15) is 0 Å². The fourth-order valence-corrected chi connectivity index (χ4v) is 0.352. The van der Waals surface area contributed by atoms with E-state index in [2.05, 4.69) is 10.3 Å². The van der Waals surface area contributed by atoms with Crippen LogP contribution >= 0.6 is 0 Å². The monoisotopic (exact) mass is 142 g/mol. The molecule has 0 radical (unpaired) electrons. The van der Waals surface area contributed by atoms with Crippen molar-refractivity contribution in [2.75, 3.05) is 7.05 Å². The first-order chi connectivity index (χ1) is 4.57. The summed E-state index contributed by atoms with van der Waals surface area (Å²) >= 11 is 0. The van der Waals surface area contributed by atoms with Crippen LogP contribution in [0.5, 0.6) is 0 Å². The minimum Gasteiger partial charge on any atom is -0.495 e. The summed E-state index contributed by atoms with van der Waals surface area (Å²) in [5.41, 5.74) is 0.850. The predicted molar refractivity (Wildman–Crippen MR) is 43.2 cm³/mol. The highest BCUT2D eigenvalue weighted by atomic mass is 16.3. The Hall–Kier alpha value is -0.990. The summed E-state index contributed by atoms with van der Waals surface area (Å²) in [5.74, 6) is 0.891. The van der Waals surface area contributed by atoms with Gasteiger partial charge in [0.2, 0.25) is 0 Å². The lowest BCUT2D eigenvalue weighted by molar-refractivity contribution is 0.380. The molecule has 0 aliphatic carbocycles. The average molecular weight is 142 g/mol. The van der Waals surface area contributed by atoms with Crippen LogP contribution in [-0.4, -0.2) is 18.0 Å². The third kappa shape index (κ3) is 3.12. The lowest BCUT2D eigenvalue weighted by Gasteiger charge is -2.04. The number of nitrogens with zero attached hydrogens (tertiary/aromatic N) is 1. The molecule has 2 N–H and O–H groups in total. The molecule has 0 amide bonds. The van der Waals surface area contributed by atoms with Gasteiger partial charge in [0, 0.05) is 7.05 Å². The number of nitrogens with one attached hydrogen (secondary N) is 1. The number of amidine groups is 1. The van der Waals surface area contributed by atoms with Crippen molar-refractivity contribution in [1.29, 1.82) is 0 Å². The molecule has 0 aromatic carbocycles. The first-order valence-corrected chi connectivity index (χ1v) is 3.14. The zero-order chi connectivity index (χ0) is 8.15. The van der Waals surface area contributed by atoms with Crippen LogP contribution in [0.2, 0.25) is 0 Å². The van der Waals surface area contributed by atoms with Gasteiger partial charge in [-0.2, -0.15) is 0 Å². The number of hydrogen-bond donors (Lipinski definition) is 2. The van der Waals surface area contributed by atoms with Gasteiger partial charge in [0.15, 0.2) is 5.88 Å². The van der Waals surface area contributed by atoms with Gasteiger partial charge in [-0.3, -0.25) is 4.99 Å². The van der Waals surface area contributed by atoms with Gasteiger partial charge in [0.25, 0.3) is 0 Å². The molecule has 0 unspecified atom stereocenters. The van der Waals surface area contributed by atoms with Crippen LogP contribution in [0.4, 0.5) is 0 Å². The van der Waals surface area contributed by atoms with Gasteiger partial charge in [-0.25, -0.2) is 0 Å². The van der Waals surface area contributed by atoms with Crippen LogP contribution in [0.15, 0.2) is 16.4 Å². The molecular weight excluding hydrogens is 128 g/mol. The Bertz CT molecular complexity index is 166. The maximum atomic E-state index is 9.12. The van der Waals surface area contributed by atoms with Crippen molar-refractivity contribution >= 4 is 5.84 Å². The van der Waals surface area contributed by atoms with Crippen molar-refractivity contribution in [2.45, 2.75) is 20.8 Å². The maximum Gasteiger partial charge on any atom is 0.188 e. The Balaban J connectivity index is 4.05. The standard InChI is InChI=1S/C7H14N2O/c1-5(2)7(10)9-6(3)8-4/h10H,1-4H3,(H,8,9). The minimum absolute atomic E-state index is 0.183. The van der Waals surface area contributed by atoms with Crippen LogP contribution in [0.3, 0.4) is 0 Å². The maximum absolute atomic E-state index is 9.12. The molecule has 0 saturated heterocycles. The van der Waals surface area contributed by atoms with Crippen molar-refractivity contribution in [3.8, 4) is 0 Å². The number of allylic oxidation sites excluding steroid dienone is 1. The second-order valence-electron chi connectivity index (χ2n) is 2.28. The zero-order valence-corrected chi connectivity index (χ0v) is 6.89. The van der Waals surface area contributed by atoms with Gasteiger partial charge in [0.1, 0.15) is 0 Å². The molecule has 0 aliphatic heterocycles. The van der Waals surface area contributed by atoms with Crippen LogP contribution in [0, 0.1) is 0 Å². The van der Waals surface area contributed by atoms with Crippen molar-refractivity contribution in [3.63, 3.8) is 0 Å². The van der Waals surface area contributed by atoms with Gasteiger partial charge < -0.3 is 10.4 Å². The third-order valence-electron chi connectivity index (χ3n) is 1.11. The summed E-state index contributed by atoms with van der Waals surface area (Å²) in [7, 11) is 1.67. The number of aliphatic hydroxyl groups excluding tert-OH is 1. The highest BCUT2D eigenvalue weighted by Gasteiger charge is 1.94. The van der Waals surface area contributed by atoms with Crippen molar-refractivity contribution in [3.05, 3.63) is 11.5 Å². The first kappa shape index (κ1) is 9.01. The summed E-state index contributed by atoms with van der Waals surface area (Å²) in [6.07, 6.45) is 0. The van der Waals surface area contributed by atoms with Crippen LogP contribution in [0.25, 0.3) is 0 Å². The van der Waals surface area contributed by atoms with Gasteiger partial charge in [-0.1, -0.05) is 0 Å². The van der Waals surface area contributed by atoms with Crippen molar-refractivity contribution in [1.82, 2.24) is 5.32 Å². The Morgan fingerprint density at radius 1 is 1.30 bits per heavy atom. The number of hydrogen-bond acceptors (Lipinski definition) is 2. The van der Waals surface area contributed by atoms with E-state index in [1.165, 1.54) is 0 Å². The Kier molecular flexibility index (Phi) is 3.54. The van der Waals surface area contributed by atoms with Gasteiger partial charge in [-0.05, 0) is 26.3 Å². The quantitative estimate of drug-likeness (QED) is 0.330. The normalized spacial score (nSPS) is 11.0. The molecule has 0 heterocycles. The number of aliphatic imine (C=N–C) groups is 1. The molecule has 0 saturated carbocycles. The average Bonchev–Trinajstić information content (AvgIpc) is 1.87. The number of aliphatic hydroxyl groups is 1. The van der Waals surface area contributed by atoms with E-state index < -0.39 is 0 Å². The summed E-state index contributed by atoms with van der Waals surface area (Å²) < 4.78 is 0.